The highest BCUT2D eigenvalue weighted by Crippen LogP contribution is 2.26. The summed E-state index contributed by atoms with van der Waals surface area (Å²) in [6, 6.07) is 5.28. The first-order valence-electron chi connectivity index (χ1n) is 5.92. The molecule has 0 aliphatic carbocycles. The number of nitrogens with zero attached hydrogens (tertiary/aromatic N) is 1. The quantitative estimate of drug-likeness (QED) is 0.864. The van der Waals surface area contributed by atoms with Gasteiger partial charge in [-0.05, 0) is 24.6 Å². The molecule has 1 aliphatic rings. The van der Waals surface area contributed by atoms with E-state index in [1.54, 1.807) is 37.3 Å². The number of rotatable bonds is 3. The molecule has 1 heterocycles. The number of methoxy groups -OCH3 is 2. The molecule has 2 rings (SSSR count). The molecular formula is C13H18N2O3. The second kappa shape index (κ2) is 5.27. The summed E-state index contributed by atoms with van der Waals surface area (Å²) in [6.45, 7) is 1.29. The van der Waals surface area contributed by atoms with Gasteiger partial charge < -0.3 is 20.1 Å². The molecule has 0 spiro atoms. The second-order valence-corrected chi connectivity index (χ2v) is 4.37. The Morgan fingerprint density at radius 3 is 2.72 bits per heavy atom. The third-order valence-electron chi connectivity index (χ3n) is 3.15. The van der Waals surface area contributed by atoms with E-state index in [1.807, 2.05) is 0 Å². The zero-order chi connectivity index (χ0) is 13.1. The molecule has 1 aliphatic heterocycles. The number of carbonyl (C=O) groups excluding carboxylic acids is 1. The molecule has 1 atom stereocenters. The van der Waals surface area contributed by atoms with Crippen molar-refractivity contribution < 1.29 is 14.3 Å². The van der Waals surface area contributed by atoms with Gasteiger partial charge in [-0.25, -0.2) is 0 Å². The number of likely N-dealkylation sites (tertiary alicyclic amines) is 1. The van der Waals surface area contributed by atoms with Crippen molar-refractivity contribution in [3.05, 3.63) is 23.8 Å². The molecule has 0 saturated carbocycles. The maximum absolute atomic E-state index is 12.4. The SMILES string of the molecule is COc1ccc(OC)c(C(=O)N2CCC(N)C2)c1. The Balaban J connectivity index is 2.27. The fourth-order valence-corrected chi connectivity index (χ4v) is 2.12. The van der Waals surface area contributed by atoms with Gasteiger partial charge in [-0.15, -0.1) is 0 Å². The Kier molecular flexibility index (Phi) is 3.72. The van der Waals surface area contributed by atoms with Gasteiger partial charge in [0.1, 0.15) is 11.5 Å². The highest BCUT2D eigenvalue weighted by molar-refractivity contribution is 5.97. The van der Waals surface area contributed by atoms with Crippen LogP contribution in [0.3, 0.4) is 0 Å². The predicted octanol–water partition coefficient (Wildman–Crippen LogP) is 0.877. The van der Waals surface area contributed by atoms with E-state index in [0.29, 0.717) is 30.2 Å². The molecule has 1 saturated heterocycles. The molecule has 0 aromatic heterocycles. The van der Waals surface area contributed by atoms with Crippen LogP contribution in [0.1, 0.15) is 16.8 Å². The lowest BCUT2D eigenvalue weighted by Crippen LogP contribution is -2.32. The Morgan fingerprint density at radius 1 is 1.39 bits per heavy atom. The van der Waals surface area contributed by atoms with Crippen molar-refractivity contribution in [1.29, 1.82) is 0 Å². The Bertz CT molecular complexity index is 448. The van der Waals surface area contributed by atoms with Crippen molar-refractivity contribution in [3.8, 4) is 11.5 Å². The summed E-state index contributed by atoms with van der Waals surface area (Å²) in [6.07, 6.45) is 0.845. The molecule has 1 unspecified atom stereocenters. The first-order chi connectivity index (χ1) is 8.65. The van der Waals surface area contributed by atoms with Gasteiger partial charge in [0.05, 0.1) is 19.8 Å². The zero-order valence-electron chi connectivity index (χ0n) is 10.7. The molecule has 0 radical (unpaired) electrons. The molecule has 1 amide bonds. The minimum absolute atomic E-state index is 0.0568. The van der Waals surface area contributed by atoms with Crippen LogP contribution < -0.4 is 15.2 Å². The van der Waals surface area contributed by atoms with Gasteiger partial charge in [0.15, 0.2) is 0 Å². The third kappa shape index (κ3) is 2.41. The average Bonchev–Trinajstić information content (AvgIpc) is 2.83. The van der Waals surface area contributed by atoms with Crippen molar-refractivity contribution >= 4 is 5.91 Å². The van der Waals surface area contributed by atoms with Crippen LogP contribution in [0, 0.1) is 0 Å². The molecular weight excluding hydrogens is 232 g/mol. The summed E-state index contributed by atoms with van der Waals surface area (Å²) in [5.41, 5.74) is 6.34. The van der Waals surface area contributed by atoms with Gasteiger partial charge in [0.25, 0.3) is 5.91 Å². The minimum atomic E-state index is -0.0568. The number of carbonyl (C=O) groups is 1. The Morgan fingerprint density at radius 2 is 2.17 bits per heavy atom. The summed E-state index contributed by atoms with van der Waals surface area (Å²) in [5, 5.41) is 0. The fraction of sp³-hybridized carbons (Fsp3) is 0.462. The van der Waals surface area contributed by atoms with E-state index in [4.69, 9.17) is 15.2 Å². The first kappa shape index (κ1) is 12.7. The van der Waals surface area contributed by atoms with Crippen molar-refractivity contribution in [2.24, 2.45) is 5.73 Å². The van der Waals surface area contributed by atoms with Crippen molar-refractivity contribution in [1.82, 2.24) is 4.90 Å². The van der Waals surface area contributed by atoms with Gasteiger partial charge in [-0.3, -0.25) is 4.79 Å². The van der Waals surface area contributed by atoms with E-state index in [9.17, 15) is 4.79 Å². The van der Waals surface area contributed by atoms with Gasteiger partial charge in [-0.1, -0.05) is 0 Å². The largest absolute Gasteiger partial charge is 0.497 e. The zero-order valence-corrected chi connectivity index (χ0v) is 10.7. The minimum Gasteiger partial charge on any atom is -0.497 e. The highest BCUT2D eigenvalue weighted by Gasteiger charge is 2.26. The van der Waals surface area contributed by atoms with Crippen molar-refractivity contribution in [2.75, 3.05) is 27.3 Å². The Hall–Kier alpha value is -1.75. The van der Waals surface area contributed by atoms with Crippen LogP contribution in [0.15, 0.2) is 18.2 Å². The maximum atomic E-state index is 12.4. The summed E-state index contributed by atoms with van der Waals surface area (Å²) in [5.74, 6) is 1.14. The summed E-state index contributed by atoms with van der Waals surface area (Å²) in [7, 11) is 3.12. The maximum Gasteiger partial charge on any atom is 0.257 e. The summed E-state index contributed by atoms with van der Waals surface area (Å²) >= 11 is 0. The lowest BCUT2D eigenvalue weighted by Gasteiger charge is -2.18. The van der Waals surface area contributed by atoms with Crippen LogP contribution in [-0.4, -0.2) is 44.2 Å². The number of nitrogens with two attached hydrogens (primary N) is 1. The van der Waals surface area contributed by atoms with Crippen LogP contribution in [-0.2, 0) is 0 Å². The lowest BCUT2D eigenvalue weighted by atomic mass is 10.1. The van der Waals surface area contributed by atoms with Crippen LogP contribution in [0.25, 0.3) is 0 Å². The first-order valence-corrected chi connectivity index (χ1v) is 5.92. The van der Waals surface area contributed by atoms with E-state index >= 15 is 0 Å². The molecule has 98 valence electrons. The van der Waals surface area contributed by atoms with E-state index in [-0.39, 0.29) is 11.9 Å². The number of benzene rings is 1. The fourth-order valence-electron chi connectivity index (χ4n) is 2.12. The topological polar surface area (TPSA) is 64.8 Å². The van der Waals surface area contributed by atoms with E-state index in [0.717, 1.165) is 6.42 Å². The lowest BCUT2D eigenvalue weighted by molar-refractivity contribution is 0.0787. The molecule has 1 aromatic carbocycles. The van der Waals surface area contributed by atoms with Gasteiger partial charge in [0, 0.05) is 19.1 Å². The van der Waals surface area contributed by atoms with E-state index in [2.05, 4.69) is 0 Å². The van der Waals surface area contributed by atoms with E-state index < -0.39 is 0 Å². The molecule has 0 bridgehead atoms. The normalized spacial score (nSPS) is 18.8. The number of hydrogen-bond acceptors (Lipinski definition) is 4. The van der Waals surface area contributed by atoms with E-state index in [1.165, 1.54) is 0 Å². The number of ether oxygens (including phenoxy) is 2. The van der Waals surface area contributed by atoms with Crippen LogP contribution >= 0.6 is 0 Å². The second-order valence-electron chi connectivity index (χ2n) is 4.37. The molecule has 5 heteroatoms. The third-order valence-corrected chi connectivity index (χ3v) is 3.15. The summed E-state index contributed by atoms with van der Waals surface area (Å²) in [4.78, 5) is 14.1. The van der Waals surface area contributed by atoms with Crippen molar-refractivity contribution in [3.63, 3.8) is 0 Å². The molecule has 2 N–H and O–H groups in total. The van der Waals surface area contributed by atoms with Gasteiger partial charge >= 0.3 is 0 Å². The molecule has 1 aromatic rings. The molecule has 18 heavy (non-hydrogen) atoms. The van der Waals surface area contributed by atoms with Crippen LogP contribution in [0.4, 0.5) is 0 Å². The van der Waals surface area contributed by atoms with Gasteiger partial charge in [-0.2, -0.15) is 0 Å². The Labute approximate surface area is 106 Å². The molecule has 1 fully saturated rings. The number of hydrogen-bond donors (Lipinski definition) is 1. The van der Waals surface area contributed by atoms with Crippen LogP contribution in [0.2, 0.25) is 0 Å². The smallest absolute Gasteiger partial charge is 0.257 e. The van der Waals surface area contributed by atoms with Gasteiger partial charge in [0.2, 0.25) is 0 Å². The number of amides is 1. The monoisotopic (exact) mass is 250 g/mol. The average molecular weight is 250 g/mol. The summed E-state index contributed by atoms with van der Waals surface area (Å²) < 4.78 is 10.4. The van der Waals surface area contributed by atoms with Crippen molar-refractivity contribution in [2.45, 2.75) is 12.5 Å². The predicted molar refractivity (Wildman–Crippen MR) is 68.0 cm³/mol. The molecule has 5 nitrogen and oxygen atoms in total. The standard InChI is InChI=1S/C13H18N2O3/c1-17-10-3-4-12(18-2)11(7-10)13(16)15-6-5-9(14)8-15/h3-4,7,9H,5-6,8,14H2,1-2H3. The highest BCUT2D eigenvalue weighted by atomic mass is 16.5. The van der Waals surface area contributed by atoms with Crippen LogP contribution in [0.5, 0.6) is 11.5 Å².